The molecule has 1 aliphatic rings. The highest BCUT2D eigenvalue weighted by molar-refractivity contribution is 5.78. The molecule has 0 atom stereocenters. The minimum atomic E-state index is 0.0574. The van der Waals surface area contributed by atoms with Gasteiger partial charge in [-0.25, -0.2) is 4.68 Å². The predicted molar refractivity (Wildman–Crippen MR) is 112 cm³/mol. The summed E-state index contributed by atoms with van der Waals surface area (Å²) in [6.45, 7) is 4.56. The van der Waals surface area contributed by atoms with Crippen LogP contribution in [0.15, 0.2) is 48.5 Å². The van der Waals surface area contributed by atoms with E-state index in [4.69, 9.17) is 0 Å². The summed E-state index contributed by atoms with van der Waals surface area (Å²) in [5.74, 6) is 0.0574. The van der Waals surface area contributed by atoms with Crippen LogP contribution >= 0.6 is 0 Å². The van der Waals surface area contributed by atoms with Crippen LogP contribution in [0.25, 0.3) is 5.69 Å². The van der Waals surface area contributed by atoms with E-state index >= 15 is 0 Å². The van der Waals surface area contributed by atoms with Crippen molar-refractivity contribution in [3.8, 4) is 5.69 Å². The van der Waals surface area contributed by atoms with Gasteiger partial charge in [0.1, 0.15) is 0 Å². The number of nitrogens with zero attached hydrogens (tertiary/aromatic N) is 2. The molecule has 0 bridgehead atoms. The third-order valence-corrected chi connectivity index (χ3v) is 5.68. The van der Waals surface area contributed by atoms with Crippen molar-refractivity contribution in [1.29, 1.82) is 0 Å². The zero-order chi connectivity index (χ0) is 19.5. The molecule has 1 N–H and O–H groups in total. The summed E-state index contributed by atoms with van der Waals surface area (Å²) in [6.07, 6.45) is 5.28. The standard InChI is InChI=1S/C24H27N3O/c1-17-23(18(2)27(26-17)22-10-4-3-5-11-22)16-25-24(28)15-19-12-13-20-8-6-7-9-21(20)14-19/h3-5,10-14H,6-9,15-16H2,1-2H3,(H,25,28). The number of nitrogens with one attached hydrogen (secondary N) is 1. The van der Waals surface area contributed by atoms with Gasteiger partial charge < -0.3 is 5.32 Å². The van der Waals surface area contributed by atoms with Crippen LogP contribution in [0.4, 0.5) is 0 Å². The molecule has 4 heteroatoms. The molecule has 1 amide bonds. The molecule has 4 rings (SSSR count). The van der Waals surface area contributed by atoms with E-state index in [0.29, 0.717) is 13.0 Å². The molecular weight excluding hydrogens is 346 g/mol. The second-order valence-corrected chi connectivity index (χ2v) is 7.66. The number of carbonyl (C=O) groups excluding carboxylic acids is 1. The quantitative estimate of drug-likeness (QED) is 0.728. The van der Waals surface area contributed by atoms with Crippen LogP contribution in [0.1, 0.15) is 46.5 Å². The fourth-order valence-corrected chi connectivity index (χ4v) is 4.08. The number of carbonyl (C=O) groups is 1. The first-order valence-electron chi connectivity index (χ1n) is 10.1. The van der Waals surface area contributed by atoms with Gasteiger partial charge in [0.25, 0.3) is 0 Å². The van der Waals surface area contributed by atoms with Gasteiger partial charge in [0.05, 0.1) is 17.8 Å². The Bertz CT molecular complexity index is 989. The van der Waals surface area contributed by atoms with Gasteiger partial charge in [0, 0.05) is 17.8 Å². The van der Waals surface area contributed by atoms with Gasteiger partial charge in [-0.2, -0.15) is 5.10 Å². The monoisotopic (exact) mass is 373 g/mol. The van der Waals surface area contributed by atoms with Gasteiger partial charge in [0.15, 0.2) is 0 Å². The number of hydrogen-bond acceptors (Lipinski definition) is 2. The zero-order valence-corrected chi connectivity index (χ0v) is 16.7. The van der Waals surface area contributed by atoms with Crippen LogP contribution in [0.2, 0.25) is 0 Å². The minimum absolute atomic E-state index is 0.0574. The Balaban J connectivity index is 1.42. The maximum atomic E-state index is 12.5. The number of hydrogen-bond donors (Lipinski definition) is 1. The molecule has 28 heavy (non-hydrogen) atoms. The van der Waals surface area contributed by atoms with Gasteiger partial charge in [-0.05, 0) is 68.4 Å². The van der Waals surface area contributed by atoms with Gasteiger partial charge in [-0.3, -0.25) is 4.79 Å². The van der Waals surface area contributed by atoms with Gasteiger partial charge in [0.2, 0.25) is 5.91 Å². The molecule has 3 aromatic rings. The highest BCUT2D eigenvalue weighted by Gasteiger charge is 2.15. The molecule has 0 spiro atoms. The van der Waals surface area contributed by atoms with E-state index < -0.39 is 0 Å². The summed E-state index contributed by atoms with van der Waals surface area (Å²) < 4.78 is 1.94. The first-order chi connectivity index (χ1) is 13.6. The second-order valence-electron chi connectivity index (χ2n) is 7.66. The molecular formula is C24H27N3O. The molecule has 2 aromatic carbocycles. The molecule has 4 nitrogen and oxygen atoms in total. The number of aromatic nitrogens is 2. The van der Waals surface area contributed by atoms with Crippen molar-refractivity contribution in [3.63, 3.8) is 0 Å². The van der Waals surface area contributed by atoms with E-state index in [2.05, 4.69) is 35.5 Å². The van der Waals surface area contributed by atoms with E-state index in [1.54, 1.807) is 0 Å². The van der Waals surface area contributed by atoms with E-state index in [9.17, 15) is 4.79 Å². The van der Waals surface area contributed by atoms with E-state index in [-0.39, 0.29) is 5.91 Å². The summed E-state index contributed by atoms with van der Waals surface area (Å²) in [5, 5.41) is 7.74. The molecule has 0 radical (unpaired) electrons. The zero-order valence-electron chi connectivity index (χ0n) is 16.7. The topological polar surface area (TPSA) is 46.9 Å². The Hall–Kier alpha value is -2.88. The third-order valence-electron chi connectivity index (χ3n) is 5.68. The fourth-order valence-electron chi connectivity index (χ4n) is 4.08. The van der Waals surface area contributed by atoms with Crippen molar-refractivity contribution in [2.24, 2.45) is 0 Å². The van der Waals surface area contributed by atoms with Crippen LogP contribution in [-0.2, 0) is 30.6 Å². The summed E-state index contributed by atoms with van der Waals surface area (Å²) in [6, 6.07) is 16.6. The Morgan fingerprint density at radius 3 is 2.57 bits per heavy atom. The first-order valence-corrected chi connectivity index (χ1v) is 10.1. The smallest absolute Gasteiger partial charge is 0.224 e. The van der Waals surface area contributed by atoms with Crippen molar-refractivity contribution in [2.75, 3.05) is 0 Å². The molecule has 0 saturated carbocycles. The van der Waals surface area contributed by atoms with Crippen molar-refractivity contribution in [3.05, 3.63) is 82.2 Å². The minimum Gasteiger partial charge on any atom is -0.352 e. The second kappa shape index (κ2) is 8.01. The Morgan fingerprint density at radius 2 is 1.79 bits per heavy atom. The van der Waals surface area contributed by atoms with Crippen LogP contribution in [-0.4, -0.2) is 15.7 Å². The van der Waals surface area contributed by atoms with Crippen molar-refractivity contribution in [1.82, 2.24) is 15.1 Å². The predicted octanol–water partition coefficient (Wildman–Crippen LogP) is 4.23. The van der Waals surface area contributed by atoms with E-state index in [0.717, 1.165) is 34.6 Å². The SMILES string of the molecule is Cc1nn(-c2ccccc2)c(C)c1CNC(=O)Cc1ccc2c(c1)CCCC2. The third kappa shape index (κ3) is 3.86. The van der Waals surface area contributed by atoms with Crippen molar-refractivity contribution >= 4 is 5.91 Å². The largest absolute Gasteiger partial charge is 0.352 e. The highest BCUT2D eigenvalue weighted by atomic mass is 16.1. The van der Waals surface area contributed by atoms with Gasteiger partial charge in [-0.1, -0.05) is 36.4 Å². The molecule has 1 aliphatic carbocycles. The van der Waals surface area contributed by atoms with E-state index in [1.165, 1.54) is 30.4 Å². The number of aryl methyl sites for hydroxylation is 3. The summed E-state index contributed by atoms with van der Waals surface area (Å²) in [4.78, 5) is 12.5. The maximum Gasteiger partial charge on any atom is 0.224 e. The Kier molecular flexibility index (Phi) is 5.29. The molecule has 0 fully saturated rings. The highest BCUT2D eigenvalue weighted by Crippen LogP contribution is 2.22. The van der Waals surface area contributed by atoms with Crippen LogP contribution in [0, 0.1) is 13.8 Å². The fraction of sp³-hybridized carbons (Fsp3) is 0.333. The molecule has 1 aromatic heterocycles. The van der Waals surface area contributed by atoms with Crippen molar-refractivity contribution in [2.45, 2.75) is 52.5 Å². The average molecular weight is 374 g/mol. The lowest BCUT2D eigenvalue weighted by Crippen LogP contribution is -2.25. The number of benzene rings is 2. The maximum absolute atomic E-state index is 12.5. The average Bonchev–Trinajstić information content (AvgIpc) is 3.00. The van der Waals surface area contributed by atoms with Crippen molar-refractivity contribution < 1.29 is 4.79 Å². The molecule has 0 unspecified atom stereocenters. The van der Waals surface area contributed by atoms with Gasteiger partial charge >= 0.3 is 0 Å². The molecule has 0 saturated heterocycles. The lowest BCUT2D eigenvalue weighted by Gasteiger charge is -2.16. The summed E-state index contributed by atoms with van der Waals surface area (Å²) in [7, 11) is 0. The van der Waals surface area contributed by atoms with Gasteiger partial charge in [-0.15, -0.1) is 0 Å². The lowest BCUT2D eigenvalue weighted by atomic mass is 9.90. The number of para-hydroxylation sites is 1. The van der Waals surface area contributed by atoms with Crippen LogP contribution in [0.3, 0.4) is 0 Å². The number of amides is 1. The number of rotatable bonds is 5. The number of fused-ring (bicyclic) bond motifs is 1. The normalized spacial score (nSPS) is 13.2. The summed E-state index contributed by atoms with van der Waals surface area (Å²) in [5.41, 5.74) is 8.12. The first kappa shape index (κ1) is 18.5. The Labute approximate surface area is 166 Å². The molecule has 1 heterocycles. The molecule has 0 aliphatic heterocycles. The Morgan fingerprint density at radius 1 is 1.04 bits per heavy atom. The van der Waals surface area contributed by atoms with Crippen LogP contribution in [0.5, 0.6) is 0 Å². The van der Waals surface area contributed by atoms with Crippen LogP contribution < -0.4 is 5.32 Å². The van der Waals surface area contributed by atoms with E-state index in [1.807, 2.05) is 41.9 Å². The lowest BCUT2D eigenvalue weighted by molar-refractivity contribution is -0.120. The summed E-state index contributed by atoms with van der Waals surface area (Å²) >= 11 is 0. The molecule has 144 valence electrons.